The van der Waals surface area contributed by atoms with E-state index >= 15 is 0 Å². The highest BCUT2D eigenvalue weighted by molar-refractivity contribution is 6.30. The third kappa shape index (κ3) is 2.10. The van der Waals surface area contributed by atoms with Gasteiger partial charge in [0, 0.05) is 10.6 Å². The summed E-state index contributed by atoms with van der Waals surface area (Å²) in [5, 5.41) is 0.727. The van der Waals surface area contributed by atoms with Gasteiger partial charge in [-0.05, 0) is 36.8 Å². The fraction of sp³-hybridized carbons (Fsp3) is 0.0833. The van der Waals surface area contributed by atoms with Crippen molar-refractivity contribution in [3.8, 4) is 11.4 Å². The van der Waals surface area contributed by atoms with Crippen LogP contribution in [0.2, 0.25) is 5.02 Å². The van der Waals surface area contributed by atoms with Crippen molar-refractivity contribution in [3.63, 3.8) is 0 Å². The van der Waals surface area contributed by atoms with Crippen molar-refractivity contribution in [2.45, 2.75) is 6.92 Å². The number of nitrogens with zero attached hydrogens (tertiary/aromatic N) is 1. The van der Waals surface area contributed by atoms with Crippen LogP contribution in [0.25, 0.3) is 17.0 Å². The van der Waals surface area contributed by atoms with Gasteiger partial charge < -0.3 is 4.98 Å². The summed E-state index contributed by atoms with van der Waals surface area (Å²) in [5.74, 6) is 0.838. The topological polar surface area (TPSA) is 28.7 Å². The van der Waals surface area contributed by atoms with Crippen LogP contribution in [0.15, 0.2) is 37.0 Å². The molecule has 0 amide bonds. The number of imidazole rings is 1. The van der Waals surface area contributed by atoms with Gasteiger partial charge in [0.2, 0.25) is 0 Å². The molecule has 0 unspecified atom stereocenters. The first-order chi connectivity index (χ1) is 7.16. The van der Waals surface area contributed by atoms with Crippen LogP contribution < -0.4 is 0 Å². The minimum atomic E-state index is 0.727. The molecule has 2 aromatic rings. The normalized spacial score (nSPS) is 10.3. The lowest BCUT2D eigenvalue weighted by Crippen LogP contribution is -1.81. The average Bonchev–Trinajstić information content (AvgIpc) is 2.68. The third-order valence-corrected chi connectivity index (χ3v) is 2.41. The molecular weight excluding hydrogens is 208 g/mol. The molecule has 1 N–H and O–H groups in total. The van der Waals surface area contributed by atoms with Crippen molar-refractivity contribution in [2.75, 3.05) is 0 Å². The highest BCUT2D eigenvalue weighted by Gasteiger charge is 2.03. The predicted octanol–water partition coefficient (Wildman–Crippen LogP) is 3.76. The quantitative estimate of drug-likeness (QED) is 0.817. The second-order valence-electron chi connectivity index (χ2n) is 3.43. The number of hydrogen-bond acceptors (Lipinski definition) is 1. The molecule has 0 spiro atoms. The summed E-state index contributed by atoms with van der Waals surface area (Å²) in [6.07, 6.45) is 1.78. The molecule has 1 heterocycles. The molecule has 0 aliphatic carbocycles. The van der Waals surface area contributed by atoms with E-state index in [1.807, 2.05) is 31.2 Å². The number of allylic oxidation sites excluding steroid dienone is 1. The highest BCUT2D eigenvalue weighted by atomic mass is 35.5. The molecule has 76 valence electrons. The average molecular weight is 219 g/mol. The van der Waals surface area contributed by atoms with Gasteiger partial charge >= 0.3 is 0 Å². The summed E-state index contributed by atoms with van der Waals surface area (Å²) < 4.78 is 0. The first kappa shape index (κ1) is 9.99. The fourth-order valence-electron chi connectivity index (χ4n) is 1.29. The Morgan fingerprint density at radius 2 is 2.00 bits per heavy atom. The number of benzene rings is 1. The maximum absolute atomic E-state index is 5.81. The number of halogens is 1. The van der Waals surface area contributed by atoms with Crippen molar-refractivity contribution in [2.24, 2.45) is 0 Å². The zero-order valence-corrected chi connectivity index (χ0v) is 9.17. The molecule has 0 radical (unpaired) electrons. The van der Waals surface area contributed by atoms with Crippen LogP contribution >= 0.6 is 11.6 Å². The van der Waals surface area contributed by atoms with Crippen LogP contribution in [0, 0.1) is 0 Å². The van der Waals surface area contributed by atoms with Gasteiger partial charge in [0.25, 0.3) is 0 Å². The van der Waals surface area contributed by atoms with Crippen molar-refractivity contribution in [3.05, 3.63) is 47.8 Å². The Morgan fingerprint density at radius 1 is 1.33 bits per heavy atom. The smallest absolute Gasteiger partial charge is 0.137 e. The predicted molar refractivity (Wildman–Crippen MR) is 63.7 cm³/mol. The molecule has 0 saturated heterocycles. The minimum absolute atomic E-state index is 0.727. The van der Waals surface area contributed by atoms with Gasteiger partial charge in [-0.25, -0.2) is 4.98 Å². The molecule has 1 aromatic carbocycles. The number of H-pyrrole nitrogens is 1. The molecule has 1 aromatic heterocycles. The van der Waals surface area contributed by atoms with Crippen LogP contribution in [0.4, 0.5) is 0 Å². The first-order valence-corrected chi connectivity index (χ1v) is 5.01. The van der Waals surface area contributed by atoms with Crippen LogP contribution in [-0.4, -0.2) is 9.97 Å². The Morgan fingerprint density at radius 3 is 2.53 bits per heavy atom. The third-order valence-electron chi connectivity index (χ3n) is 2.15. The van der Waals surface area contributed by atoms with Crippen molar-refractivity contribution < 1.29 is 0 Å². The van der Waals surface area contributed by atoms with Gasteiger partial charge in [-0.15, -0.1) is 0 Å². The monoisotopic (exact) mass is 218 g/mol. The standard InChI is InChI=1S/C12H11ClN2/c1-8(2)11-7-14-12(15-11)9-3-5-10(13)6-4-9/h3-7H,1H2,2H3,(H,14,15). The SMILES string of the molecule is C=C(C)c1cnc(-c2ccc(Cl)cc2)[nH]1. The summed E-state index contributed by atoms with van der Waals surface area (Å²) in [7, 11) is 0. The molecule has 2 nitrogen and oxygen atoms in total. The van der Waals surface area contributed by atoms with Gasteiger partial charge in [-0.2, -0.15) is 0 Å². The number of hydrogen-bond donors (Lipinski definition) is 1. The Bertz CT molecular complexity index is 483. The Labute approximate surface area is 93.6 Å². The van der Waals surface area contributed by atoms with Gasteiger partial charge in [-0.1, -0.05) is 18.2 Å². The Kier molecular flexibility index (Phi) is 2.60. The zero-order chi connectivity index (χ0) is 10.8. The lowest BCUT2D eigenvalue weighted by molar-refractivity contribution is 1.29. The molecule has 15 heavy (non-hydrogen) atoms. The van der Waals surface area contributed by atoms with Crippen LogP contribution in [0.1, 0.15) is 12.6 Å². The Hall–Kier alpha value is -1.54. The van der Waals surface area contributed by atoms with Crippen LogP contribution in [-0.2, 0) is 0 Å². The molecule has 0 bridgehead atoms. The highest BCUT2D eigenvalue weighted by Crippen LogP contribution is 2.20. The molecule has 0 saturated carbocycles. The van der Waals surface area contributed by atoms with E-state index in [9.17, 15) is 0 Å². The van der Waals surface area contributed by atoms with Gasteiger partial charge in [0.1, 0.15) is 5.82 Å². The van der Waals surface area contributed by atoms with E-state index in [2.05, 4.69) is 16.5 Å². The summed E-state index contributed by atoms with van der Waals surface area (Å²) in [6, 6.07) is 7.56. The number of rotatable bonds is 2. The second-order valence-corrected chi connectivity index (χ2v) is 3.87. The minimum Gasteiger partial charge on any atom is -0.338 e. The number of aromatic amines is 1. The summed E-state index contributed by atoms with van der Waals surface area (Å²) in [4.78, 5) is 7.47. The lowest BCUT2D eigenvalue weighted by atomic mass is 10.2. The van der Waals surface area contributed by atoms with Crippen molar-refractivity contribution in [1.29, 1.82) is 0 Å². The van der Waals surface area contributed by atoms with E-state index < -0.39 is 0 Å². The number of aromatic nitrogens is 2. The molecule has 3 heteroatoms. The van der Waals surface area contributed by atoms with E-state index in [0.717, 1.165) is 27.7 Å². The van der Waals surface area contributed by atoms with Gasteiger partial charge in [0.05, 0.1) is 11.9 Å². The molecular formula is C12H11ClN2. The largest absolute Gasteiger partial charge is 0.338 e. The van der Waals surface area contributed by atoms with Crippen LogP contribution in [0.3, 0.4) is 0 Å². The Balaban J connectivity index is 2.37. The molecule has 2 rings (SSSR count). The molecule has 0 atom stereocenters. The summed E-state index contributed by atoms with van der Waals surface area (Å²) in [6.45, 7) is 5.80. The van der Waals surface area contributed by atoms with Crippen molar-refractivity contribution >= 4 is 17.2 Å². The first-order valence-electron chi connectivity index (χ1n) is 4.63. The van der Waals surface area contributed by atoms with E-state index in [1.165, 1.54) is 0 Å². The van der Waals surface area contributed by atoms with E-state index in [0.29, 0.717) is 0 Å². The van der Waals surface area contributed by atoms with E-state index in [-0.39, 0.29) is 0 Å². The zero-order valence-electron chi connectivity index (χ0n) is 8.42. The molecule has 0 aliphatic heterocycles. The van der Waals surface area contributed by atoms with E-state index in [1.54, 1.807) is 6.20 Å². The maximum atomic E-state index is 5.81. The maximum Gasteiger partial charge on any atom is 0.137 e. The van der Waals surface area contributed by atoms with Crippen molar-refractivity contribution in [1.82, 2.24) is 9.97 Å². The lowest BCUT2D eigenvalue weighted by Gasteiger charge is -1.96. The van der Waals surface area contributed by atoms with E-state index in [4.69, 9.17) is 11.6 Å². The van der Waals surface area contributed by atoms with Crippen LogP contribution in [0.5, 0.6) is 0 Å². The van der Waals surface area contributed by atoms with Gasteiger partial charge in [-0.3, -0.25) is 0 Å². The fourth-order valence-corrected chi connectivity index (χ4v) is 1.42. The number of nitrogens with one attached hydrogen (secondary N) is 1. The molecule has 0 aliphatic rings. The molecule has 0 fully saturated rings. The summed E-state index contributed by atoms with van der Waals surface area (Å²) in [5.41, 5.74) is 2.95. The summed E-state index contributed by atoms with van der Waals surface area (Å²) >= 11 is 5.81. The second kappa shape index (κ2) is 3.91. The van der Waals surface area contributed by atoms with Gasteiger partial charge in [0.15, 0.2) is 0 Å².